The van der Waals surface area contributed by atoms with Gasteiger partial charge in [0, 0.05) is 0 Å². The average molecular weight is 731 g/mol. The van der Waals surface area contributed by atoms with E-state index in [1.807, 2.05) is 0 Å². The summed E-state index contributed by atoms with van der Waals surface area (Å²) < 4.78 is 21.4. The molecule has 3 rings (SSSR count). The highest BCUT2D eigenvalue weighted by Gasteiger charge is 2.29. The molecule has 0 amide bonds. The fourth-order valence-corrected chi connectivity index (χ4v) is 8.54. The van der Waals surface area contributed by atoms with Gasteiger partial charge in [0.15, 0.2) is 0 Å². The number of unbranched alkanes of at least 4 members (excludes halogenated alkanes) is 18. The maximum Gasteiger partial charge on any atom is 0.334 e. The minimum atomic E-state index is -1.65. The van der Waals surface area contributed by atoms with Gasteiger partial charge >= 0.3 is 8.60 Å². The zero-order chi connectivity index (χ0) is 36.7. The number of rotatable bonds is 33. The van der Waals surface area contributed by atoms with E-state index in [9.17, 15) is 0 Å². The number of hydrogen-bond acceptors (Lipinski definition) is 3. The summed E-state index contributed by atoms with van der Waals surface area (Å²) in [5, 5.41) is 0. The second kappa shape index (κ2) is 30.3. The molecule has 52 heavy (non-hydrogen) atoms. The van der Waals surface area contributed by atoms with Gasteiger partial charge in [0.2, 0.25) is 0 Å². The van der Waals surface area contributed by atoms with Crippen LogP contribution in [-0.4, -0.2) is 0 Å². The van der Waals surface area contributed by atoms with Crippen LogP contribution in [0.15, 0.2) is 91.0 Å². The fraction of sp³-hybridized carbons (Fsp3) is 0.625. The summed E-state index contributed by atoms with van der Waals surface area (Å²) in [5.74, 6) is 0. The highest BCUT2D eigenvalue weighted by molar-refractivity contribution is 7.41. The van der Waals surface area contributed by atoms with Crippen molar-refractivity contribution < 1.29 is 13.6 Å². The van der Waals surface area contributed by atoms with Crippen LogP contribution in [-0.2, 0) is 13.6 Å². The topological polar surface area (TPSA) is 27.7 Å². The van der Waals surface area contributed by atoms with Crippen molar-refractivity contribution in [3.8, 4) is 0 Å². The molecule has 0 bridgehead atoms. The minimum absolute atomic E-state index is 0.0621. The molecule has 0 aliphatic heterocycles. The quantitative estimate of drug-likeness (QED) is 0.0461. The molecule has 0 N–H and O–H groups in total. The van der Waals surface area contributed by atoms with Gasteiger partial charge in [-0.1, -0.05) is 247 Å². The van der Waals surface area contributed by atoms with E-state index < -0.39 is 8.60 Å². The van der Waals surface area contributed by atoms with Crippen molar-refractivity contribution in [3.05, 3.63) is 108 Å². The first-order valence-corrected chi connectivity index (χ1v) is 22.8. The van der Waals surface area contributed by atoms with Crippen LogP contribution in [0.4, 0.5) is 0 Å². The van der Waals surface area contributed by atoms with Crippen LogP contribution in [0.2, 0.25) is 0 Å². The lowest BCUT2D eigenvalue weighted by Gasteiger charge is -2.30. The Balaban J connectivity index is 1.82. The molecule has 0 aliphatic carbocycles. The fourth-order valence-electron chi connectivity index (χ4n) is 7.09. The Morgan fingerprint density at radius 1 is 0.327 bits per heavy atom. The van der Waals surface area contributed by atoms with Gasteiger partial charge in [0.25, 0.3) is 0 Å². The van der Waals surface area contributed by atoms with E-state index in [1.165, 1.54) is 132 Å². The summed E-state index contributed by atoms with van der Waals surface area (Å²) in [6.07, 6.45) is 29.8. The van der Waals surface area contributed by atoms with Gasteiger partial charge in [-0.25, -0.2) is 0 Å². The molecule has 0 aliphatic rings. The van der Waals surface area contributed by atoms with E-state index >= 15 is 0 Å². The van der Waals surface area contributed by atoms with E-state index in [2.05, 4.69) is 112 Å². The van der Waals surface area contributed by atoms with E-state index in [-0.39, 0.29) is 18.3 Å². The SMILES string of the molecule is CCCCCCCCCC(OP(OC(CCCCCCCCC)c1ccccc1)OC(CCCCCCCCC)c1ccccc1)c1ccccc1. The molecule has 290 valence electrons. The first kappa shape index (κ1) is 44.4. The molecule has 0 saturated carbocycles. The molecule has 4 heteroatoms. The van der Waals surface area contributed by atoms with Crippen LogP contribution < -0.4 is 0 Å². The monoisotopic (exact) mass is 731 g/mol. The van der Waals surface area contributed by atoms with Gasteiger partial charge in [-0.05, 0) is 36.0 Å². The van der Waals surface area contributed by atoms with Crippen LogP contribution >= 0.6 is 8.60 Å². The van der Waals surface area contributed by atoms with Crippen LogP contribution in [0.25, 0.3) is 0 Å². The van der Waals surface area contributed by atoms with Crippen LogP contribution in [0.3, 0.4) is 0 Å². The molecule has 3 atom stereocenters. The molecule has 0 saturated heterocycles. The van der Waals surface area contributed by atoms with Crippen molar-refractivity contribution in [2.45, 2.75) is 193 Å². The van der Waals surface area contributed by atoms with Crippen molar-refractivity contribution in [3.63, 3.8) is 0 Å². The zero-order valence-corrected chi connectivity index (χ0v) is 34.4. The van der Waals surface area contributed by atoms with E-state index in [0.29, 0.717) is 0 Å². The van der Waals surface area contributed by atoms with Crippen molar-refractivity contribution in [2.75, 3.05) is 0 Å². The molecule has 3 nitrogen and oxygen atoms in total. The van der Waals surface area contributed by atoms with Crippen molar-refractivity contribution in [1.82, 2.24) is 0 Å². The number of benzene rings is 3. The number of hydrogen-bond donors (Lipinski definition) is 0. The van der Waals surface area contributed by atoms with E-state index in [1.54, 1.807) is 0 Å². The lowest BCUT2D eigenvalue weighted by atomic mass is 10.0. The highest BCUT2D eigenvalue weighted by atomic mass is 31.2. The molecular formula is C48H75O3P. The second-order valence-corrected chi connectivity index (χ2v) is 16.0. The molecule has 0 aromatic heterocycles. The molecule has 0 fully saturated rings. The van der Waals surface area contributed by atoms with E-state index in [4.69, 9.17) is 13.6 Å². The smallest absolute Gasteiger partial charge is 0.304 e. The third-order valence-corrected chi connectivity index (χ3v) is 11.6. The Morgan fingerprint density at radius 2 is 0.558 bits per heavy atom. The third-order valence-electron chi connectivity index (χ3n) is 10.4. The standard InChI is InChI=1S/C48H75O3P/c1-4-7-10-13-16-19-31-40-46(43-34-25-22-26-35-43)49-52(50-47(44-36-27-23-28-37-44)41-32-20-17-14-11-8-5-2)51-48(45-38-29-24-30-39-45)42-33-21-18-15-12-9-6-3/h22-30,34-39,46-48H,4-21,31-33,40-42H2,1-3H3. The molecule has 0 spiro atoms. The Kier molecular flexibility index (Phi) is 25.9. The Labute approximate surface area is 322 Å². The van der Waals surface area contributed by atoms with Crippen molar-refractivity contribution in [2.24, 2.45) is 0 Å². The maximum absolute atomic E-state index is 7.15. The average Bonchev–Trinajstić information content (AvgIpc) is 3.19. The summed E-state index contributed by atoms with van der Waals surface area (Å²) in [5.41, 5.74) is 3.67. The van der Waals surface area contributed by atoms with Crippen molar-refractivity contribution in [1.29, 1.82) is 0 Å². The van der Waals surface area contributed by atoms with E-state index in [0.717, 1.165) is 38.5 Å². The lowest BCUT2D eigenvalue weighted by molar-refractivity contribution is 0.0545. The van der Waals surface area contributed by atoms with Crippen LogP contribution in [0.1, 0.15) is 210 Å². The summed E-state index contributed by atoms with van der Waals surface area (Å²) in [4.78, 5) is 0. The summed E-state index contributed by atoms with van der Waals surface area (Å²) in [6, 6.07) is 32.5. The molecule has 0 heterocycles. The second-order valence-electron chi connectivity index (χ2n) is 15.0. The summed E-state index contributed by atoms with van der Waals surface area (Å²) >= 11 is 0. The van der Waals surface area contributed by atoms with Gasteiger partial charge in [0.1, 0.15) is 0 Å². The summed E-state index contributed by atoms with van der Waals surface area (Å²) in [6.45, 7) is 6.87. The van der Waals surface area contributed by atoms with Crippen LogP contribution in [0.5, 0.6) is 0 Å². The third kappa shape index (κ3) is 19.9. The predicted octanol–water partition coefficient (Wildman–Crippen LogP) is 16.9. The molecular weight excluding hydrogens is 655 g/mol. The lowest BCUT2D eigenvalue weighted by Crippen LogP contribution is -2.11. The molecule has 0 radical (unpaired) electrons. The van der Waals surface area contributed by atoms with Gasteiger partial charge in [-0.2, -0.15) is 0 Å². The van der Waals surface area contributed by atoms with Gasteiger partial charge < -0.3 is 13.6 Å². The Hall–Kier alpha value is -2.03. The largest absolute Gasteiger partial charge is 0.334 e. The molecule has 3 aromatic rings. The summed E-state index contributed by atoms with van der Waals surface area (Å²) in [7, 11) is -1.65. The Morgan fingerprint density at radius 3 is 0.808 bits per heavy atom. The predicted molar refractivity (Wildman–Crippen MR) is 226 cm³/mol. The first-order valence-electron chi connectivity index (χ1n) is 21.7. The maximum atomic E-state index is 7.15. The van der Waals surface area contributed by atoms with Gasteiger partial charge in [-0.3, -0.25) is 0 Å². The van der Waals surface area contributed by atoms with Crippen molar-refractivity contribution >= 4 is 8.60 Å². The van der Waals surface area contributed by atoms with Gasteiger partial charge in [-0.15, -0.1) is 0 Å². The van der Waals surface area contributed by atoms with Gasteiger partial charge in [0.05, 0.1) is 18.3 Å². The Bertz CT molecular complexity index is 1040. The normalized spacial score (nSPS) is 13.9. The molecule has 3 aromatic carbocycles. The molecule has 3 unspecified atom stereocenters. The van der Waals surface area contributed by atoms with Crippen LogP contribution in [0, 0.1) is 0 Å². The first-order chi connectivity index (χ1) is 25.7. The zero-order valence-electron chi connectivity index (χ0n) is 33.5. The highest BCUT2D eigenvalue weighted by Crippen LogP contribution is 2.54. The minimum Gasteiger partial charge on any atom is -0.304 e.